The van der Waals surface area contributed by atoms with Crippen molar-refractivity contribution in [3.05, 3.63) is 0 Å². The topological polar surface area (TPSA) is 89.3 Å². The Bertz CT molecular complexity index is 106. The van der Waals surface area contributed by atoms with Gasteiger partial charge in [0, 0.05) is 0 Å². The van der Waals surface area contributed by atoms with Gasteiger partial charge in [0.15, 0.2) is 0 Å². The molecule has 4 nitrogen and oxygen atoms in total. The van der Waals surface area contributed by atoms with Crippen molar-refractivity contribution < 1.29 is 9.90 Å². The quantitative estimate of drug-likeness (QED) is 0.460. The molecule has 0 spiro atoms. The summed E-state index contributed by atoms with van der Waals surface area (Å²) >= 11 is 0. The maximum atomic E-state index is 10.1. The highest BCUT2D eigenvalue weighted by atomic mass is 16.4. The minimum absolute atomic E-state index is 0.520. The van der Waals surface area contributed by atoms with Gasteiger partial charge < -0.3 is 16.6 Å². The molecule has 0 aromatic carbocycles. The monoisotopic (exact) mass is 148 g/mol. The summed E-state index contributed by atoms with van der Waals surface area (Å²) in [6.07, 6.45) is 2.16. The summed E-state index contributed by atoms with van der Waals surface area (Å²) in [5.74, 6) is -0.933. The molecule has 0 bridgehead atoms. The maximum absolute atomic E-state index is 10.1. The molecule has 1 atom stereocenters. The number of unbranched alkanes of at least 4 members (excludes halogenated alkanes) is 1. The average Bonchev–Trinajstić information content (AvgIpc) is 1.88. The minimum Gasteiger partial charge on any atom is -0.480 e. The zero-order valence-electron chi connectivity index (χ0n) is 5.92. The van der Waals surface area contributed by atoms with Crippen molar-refractivity contribution >= 4 is 5.97 Å². The fourth-order valence-corrected chi connectivity index (χ4v) is 0.632. The van der Waals surface area contributed by atoms with Crippen LogP contribution >= 0.6 is 0 Å². The summed E-state index contributed by atoms with van der Waals surface area (Å²) in [4.78, 5) is 10.1. The number of carboxylic acids is 1. The molecule has 0 aromatic heterocycles. The molecule has 0 heterocycles. The zero-order chi connectivity index (χ0) is 7.98. The molecule has 4 heteroatoms. The molecule has 1 unspecified atom stereocenters. The number of hydrogen-bond acceptors (Lipinski definition) is 3. The molecule has 60 valence electrons. The summed E-state index contributed by atoms with van der Waals surface area (Å²) in [5, 5.41) is 8.33. The molecule has 0 saturated heterocycles. The van der Waals surface area contributed by atoms with Crippen LogP contribution < -0.4 is 11.5 Å². The van der Waals surface area contributed by atoms with Crippen LogP contribution in [-0.4, -0.2) is 23.7 Å². The fourth-order valence-electron chi connectivity index (χ4n) is 0.632. The van der Waals surface area contributed by atoms with Gasteiger partial charge in [0.05, 0.1) is 0 Å². The van der Waals surface area contributed by atoms with E-state index in [1.54, 1.807) is 0 Å². The third-order valence-corrected chi connectivity index (χ3v) is 1.29. The van der Waals surface area contributed by atoms with Crippen LogP contribution in [0.3, 0.4) is 0 Å². The lowest BCUT2D eigenvalue weighted by Crippen LogP contribution is -2.29. The van der Waals surface area contributed by atoms with Crippen molar-refractivity contribution in [1.82, 2.24) is 0 Å². The van der Waals surface area contributed by atoms with Gasteiger partial charge in [-0.25, -0.2) is 0 Å². The van der Waals surface area contributed by atoms with E-state index in [4.69, 9.17) is 16.6 Å². The number of carboxylic acid groups (broad SMARTS) is 1. The van der Waals surface area contributed by atoms with Crippen LogP contribution in [0, 0.1) is 0 Å². The zero-order valence-corrected chi connectivity index (χ0v) is 5.92. The molecule has 0 radical (unpaired) electrons. The second kappa shape index (κ2) is 5.20. The first-order valence-electron chi connectivity index (χ1n) is 3.37. The predicted molar refractivity (Wildman–Crippen MR) is 38.5 cm³/mol. The second-order valence-electron chi connectivity index (χ2n) is 2.23. The summed E-state index contributed by atoms with van der Waals surface area (Å²) in [6.45, 7) is 0.604. The van der Waals surface area contributed by atoms with E-state index in [0.29, 0.717) is 13.0 Å². The lowest BCUT2D eigenvalue weighted by Gasteiger charge is -2.03. The van der Waals surface area contributed by atoms with E-state index in [1.807, 2.05) is 0 Å². The normalized spacial score (nSPS) is 13.0. The number of nitrogens with two attached hydrogens (primary N) is 2. The number of carbonyl (C=O) groups is 1. The SMILES string of the molecule is NCCCC[14CH](N)C(=O)O. The third-order valence-electron chi connectivity index (χ3n) is 1.29. The Morgan fingerprint density at radius 2 is 2.10 bits per heavy atom. The van der Waals surface area contributed by atoms with E-state index in [9.17, 15) is 4.79 Å². The fraction of sp³-hybridized carbons (Fsp3) is 0.833. The van der Waals surface area contributed by atoms with Crippen LogP contribution in [0.4, 0.5) is 0 Å². The first kappa shape index (κ1) is 9.39. The first-order valence-corrected chi connectivity index (χ1v) is 3.37. The van der Waals surface area contributed by atoms with E-state index in [0.717, 1.165) is 12.8 Å². The lowest BCUT2D eigenvalue weighted by molar-refractivity contribution is -0.138. The highest BCUT2D eigenvalue weighted by Gasteiger charge is 2.09. The Morgan fingerprint density at radius 3 is 2.50 bits per heavy atom. The third kappa shape index (κ3) is 4.29. The second-order valence-corrected chi connectivity index (χ2v) is 2.23. The van der Waals surface area contributed by atoms with Gasteiger partial charge in [0.2, 0.25) is 0 Å². The smallest absolute Gasteiger partial charge is 0.320 e. The molecule has 0 aliphatic heterocycles. The van der Waals surface area contributed by atoms with Crippen LogP contribution in [0.15, 0.2) is 0 Å². The van der Waals surface area contributed by atoms with Crippen molar-refractivity contribution in [2.75, 3.05) is 6.54 Å². The van der Waals surface area contributed by atoms with Gasteiger partial charge in [0.25, 0.3) is 0 Å². The molecule has 0 rings (SSSR count). The van der Waals surface area contributed by atoms with E-state index < -0.39 is 12.0 Å². The van der Waals surface area contributed by atoms with Crippen molar-refractivity contribution in [3.63, 3.8) is 0 Å². The van der Waals surface area contributed by atoms with Crippen molar-refractivity contribution in [1.29, 1.82) is 0 Å². The molecule has 0 amide bonds. The van der Waals surface area contributed by atoms with E-state index in [2.05, 4.69) is 0 Å². The van der Waals surface area contributed by atoms with E-state index in [-0.39, 0.29) is 0 Å². The molecule has 5 N–H and O–H groups in total. The maximum Gasteiger partial charge on any atom is 0.320 e. The molecule has 0 aliphatic carbocycles. The van der Waals surface area contributed by atoms with Gasteiger partial charge >= 0.3 is 5.97 Å². The predicted octanol–water partition coefficient (Wildman–Crippen LogP) is -0.473. The van der Waals surface area contributed by atoms with Gasteiger partial charge in [0.1, 0.15) is 6.04 Å². The molecular formula is C6H14N2O2. The van der Waals surface area contributed by atoms with Crippen LogP contribution in [-0.2, 0) is 4.79 Å². The summed E-state index contributed by atoms with van der Waals surface area (Å²) in [5.41, 5.74) is 10.4. The van der Waals surface area contributed by atoms with Crippen molar-refractivity contribution in [2.24, 2.45) is 11.5 Å². The van der Waals surface area contributed by atoms with Gasteiger partial charge in [-0.05, 0) is 19.4 Å². The first-order chi connectivity index (χ1) is 4.68. The molecule has 0 aromatic rings. The summed E-state index contributed by atoms with van der Waals surface area (Å²) < 4.78 is 0. The van der Waals surface area contributed by atoms with Crippen LogP contribution in [0.1, 0.15) is 19.3 Å². The minimum atomic E-state index is -0.933. The number of rotatable bonds is 5. The highest BCUT2D eigenvalue weighted by molar-refractivity contribution is 5.72. The number of hydrogen-bond donors (Lipinski definition) is 3. The Balaban J connectivity index is 3.21. The Kier molecular flexibility index (Phi) is 4.88. The van der Waals surface area contributed by atoms with Gasteiger partial charge in [-0.1, -0.05) is 6.42 Å². The molecular weight excluding hydrogens is 134 g/mol. The van der Waals surface area contributed by atoms with Crippen molar-refractivity contribution in [3.8, 4) is 0 Å². The van der Waals surface area contributed by atoms with Gasteiger partial charge in [-0.2, -0.15) is 0 Å². The van der Waals surface area contributed by atoms with Gasteiger partial charge in [-0.15, -0.1) is 0 Å². The van der Waals surface area contributed by atoms with Crippen molar-refractivity contribution in [2.45, 2.75) is 25.3 Å². The van der Waals surface area contributed by atoms with Gasteiger partial charge in [-0.3, -0.25) is 4.79 Å². The molecule has 0 fully saturated rings. The standard InChI is InChI=1S/C6H14N2O2/c7-4-2-1-3-5(8)6(9)10/h5H,1-4,7-8H2,(H,9,10)/i5+2. The molecule has 0 aliphatic rings. The Labute approximate surface area is 60.2 Å². The van der Waals surface area contributed by atoms with E-state index in [1.165, 1.54) is 0 Å². The average molecular weight is 148 g/mol. The Morgan fingerprint density at radius 1 is 1.50 bits per heavy atom. The highest BCUT2D eigenvalue weighted by Crippen LogP contribution is 1.96. The van der Waals surface area contributed by atoms with Crippen LogP contribution in [0.25, 0.3) is 0 Å². The summed E-state index contributed by atoms with van der Waals surface area (Å²) in [6, 6.07) is -0.716. The number of aliphatic carboxylic acids is 1. The van der Waals surface area contributed by atoms with E-state index >= 15 is 0 Å². The largest absolute Gasteiger partial charge is 0.480 e. The summed E-state index contributed by atoms with van der Waals surface area (Å²) in [7, 11) is 0. The Hall–Kier alpha value is -0.610. The molecule has 0 saturated carbocycles. The molecule has 10 heavy (non-hydrogen) atoms. The lowest BCUT2D eigenvalue weighted by atomic mass is 10.3. The van der Waals surface area contributed by atoms with Crippen LogP contribution in [0.5, 0.6) is 0 Å². The van der Waals surface area contributed by atoms with Crippen LogP contribution in [0.2, 0.25) is 0 Å².